The van der Waals surface area contributed by atoms with Gasteiger partial charge in [0, 0.05) is 0 Å². The number of aliphatic hydroxyl groups excluding tert-OH is 1. The molecule has 1 N–H and O–H groups in total. The van der Waals surface area contributed by atoms with Crippen molar-refractivity contribution in [2.75, 3.05) is 0 Å². The fraction of sp³-hybridized carbons (Fsp3) is 0.750. The average molecular weight is 244 g/mol. The van der Waals surface area contributed by atoms with Crippen molar-refractivity contribution in [2.45, 2.75) is 58.0 Å². The Morgan fingerprint density at radius 3 is 2.19 bits per heavy atom. The minimum absolute atomic E-state index is 0.120. The van der Waals surface area contributed by atoms with E-state index in [0.29, 0.717) is 6.29 Å². The van der Waals surface area contributed by atoms with Crippen molar-refractivity contribution in [3.63, 3.8) is 0 Å². The molecule has 16 heavy (non-hydrogen) atoms. The summed E-state index contributed by atoms with van der Waals surface area (Å²) >= 11 is 0. The van der Waals surface area contributed by atoms with Crippen molar-refractivity contribution in [1.82, 2.24) is 0 Å². The molecule has 0 aliphatic carbocycles. The fourth-order valence-electron chi connectivity index (χ4n) is 1.03. The highest BCUT2D eigenvalue weighted by Crippen LogP contribution is 2.37. The number of hydrogen-bond acceptors (Lipinski definition) is 3. The molecule has 0 aliphatic rings. The molecule has 0 spiro atoms. The molecular weight excluding hydrogens is 220 g/mol. The van der Waals surface area contributed by atoms with E-state index in [1.165, 1.54) is 12.2 Å². The second-order valence-electron chi connectivity index (χ2n) is 5.59. The zero-order chi connectivity index (χ0) is 13.0. The molecular formula is C12H24O3Si. The van der Waals surface area contributed by atoms with E-state index < -0.39 is 14.4 Å². The number of carbonyl (C=O) groups is 1. The first-order valence-electron chi connectivity index (χ1n) is 5.59. The van der Waals surface area contributed by atoms with Crippen LogP contribution in [0.3, 0.4) is 0 Å². The van der Waals surface area contributed by atoms with Gasteiger partial charge in [-0.15, -0.1) is 0 Å². The van der Waals surface area contributed by atoms with Crippen LogP contribution in [0.2, 0.25) is 18.1 Å². The second kappa shape index (κ2) is 5.75. The fourth-order valence-corrected chi connectivity index (χ4v) is 2.45. The van der Waals surface area contributed by atoms with Crippen LogP contribution in [0.5, 0.6) is 0 Å². The number of carbonyl (C=O) groups excluding carboxylic acids is 1. The predicted molar refractivity (Wildman–Crippen MR) is 69.0 cm³/mol. The van der Waals surface area contributed by atoms with Gasteiger partial charge < -0.3 is 9.53 Å². The summed E-state index contributed by atoms with van der Waals surface area (Å²) in [5.41, 5.74) is 0. The summed E-state index contributed by atoms with van der Waals surface area (Å²) in [6.45, 7) is 12.6. The van der Waals surface area contributed by atoms with Gasteiger partial charge in [0.05, 0.1) is 12.2 Å². The van der Waals surface area contributed by atoms with Crippen LogP contribution >= 0.6 is 0 Å². The molecule has 0 aromatic heterocycles. The molecule has 0 aliphatic heterocycles. The molecule has 4 heteroatoms. The Morgan fingerprint density at radius 1 is 1.31 bits per heavy atom. The Labute approximate surface area is 99.6 Å². The molecule has 0 rings (SSSR count). The molecule has 94 valence electrons. The Balaban J connectivity index is 4.50. The van der Waals surface area contributed by atoms with Crippen LogP contribution in [0.25, 0.3) is 0 Å². The van der Waals surface area contributed by atoms with E-state index in [1.807, 2.05) is 6.92 Å². The molecule has 0 amide bonds. The van der Waals surface area contributed by atoms with Crippen LogP contribution in [0.15, 0.2) is 12.2 Å². The first-order chi connectivity index (χ1) is 7.12. The van der Waals surface area contributed by atoms with Gasteiger partial charge in [-0.1, -0.05) is 26.8 Å². The second-order valence-corrected chi connectivity index (χ2v) is 10.4. The summed E-state index contributed by atoms with van der Waals surface area (Å²) in [6, 6.07) is 0. The lowest BCUT2D eigenvalue weighted by atomic mass is 10.2. The predicted octanol–water partition coefficient (Wildman–Crippen LogP) is 2.51. The van der Waals surface area contributed by atoms with E-state index in [0.717, 1.165) is 0 Å². The average Bonchev–Trinajstić information content (AvgIpc) is 2.11. The van der Waals surface area contributed by atoms with Gasteiger partial charge in [0.25, 0.3) is 0 Å². The van der Waals surface area contributed by atoms with E-state index in [4.69, 9.17) is 4.43 Å². The molecule has 2 atom stereocenters. The maximum Gasteiger partial charge on any atom is 0.192 e. The van der Waals surface area contributed by atoms with Gasteiger partial charge >= 0.3 is 0 Å². The molecule has 0 saturated heterocycles. The van der Waals surface area contributed by atoms with Crippen LogP contribution in [-0.4, -0.2) is 31.9 Å². The lowest BCUT2D eigenvalue weighted by Gasteiger charge is -2.39. The molecule has 0 radical (unpaired) electrons. The van der Waals surface area contributed by atoms with Gasteiger partial charge in [-0.05, 0) is 31.1 Å². The molecule has 0 aromatic rings. The van der Waals surface area contributed by atoms with Crippen molar-refractivity contribution in [3.05, 3.63) is 12.2 Å². The van der Waals surface area contributed by atoms with E-state index in [1.54, 1.807) is 0 Å². The molecule has 0 saturated carbocycles. The topological polar surface area (TPSA) is 46.5 Å². The maximum atomic E-state index is 10.1. The third-order valence-electron chi connectivity index (χ3n) is 3.15. The number of aliphatic hydroxyl groups is 1. The van der Waals surface area contributed by atoms with Crippen molar-refractivity contribution >= 4 is 14.6 Å². The van der Waals surface area contributed by atoms with Gasteiger partial charge in [-0.25, -0.2) is 0 Å². The highest BCUT2D eigenvalue weighted by atomic mass is 28.4. The zero-order valence-electron chi connectivity index (χ0n) is 11.2. The monoisotopic (exact) mass is 244 g/mol. The van der Waals surface area contributed by atoms with Crippen LogP contribution in [0.4, 0.5) is 0 Å². The lowest BCUT2D eigenvalue weighted by molar-refractivity contribution is -0.104. The normalized spacial score (nSPS) is 17.4. The van der Waals surface area contributed by atoms with Gasteiger partial charge in [-0.2, -0.15) is 0 Å². The summed E-state index contributed by atoms with van der Waals surface area (Å²) in [5, 5.41) is 9.85. The summed E-state index contributed by atoms with van der Waals surface area (Å²) in [6.07, 6.45) is 2.42. The van der Waals surface area contributed by atoms with Crippen molar-refractivity contribution < 1.29 is 14.3 Å². The van der Waals surface area contributed by atoms with E-state index >= 15 is 0 Å². The van der Waals surface area contributed by atoms with Gasteiger partial charge in [0.1, 0.15) is 6.29 Å². The highest BCUT2D eigenvalue weighted by molar-refractivity contribution is 6.74. The van der Waals surface area contributed by atoms with E-state index in [-0.39, 0.29) is 11.1 Å². The summed E-state index contributed by atoms with van der Waals surface area (Å²) < 4.78 is 5.98. The van der Waals surface area contributed by atoms with Gasteiger partial charge in [0.15, 0.2) is 8.32 Å². The van der Waals surface area contributed by atoms with Crippen molar-refractivity contribution in [1.29, 1.82) is 0 Å². The first kappa shape index (κ1) is 15.5. The standard InChI is InChI=1S/C12H24O3Si/c1-10(11(14)8-7-9-13)15-16(5,6)12(2,3)4/h7-11,14H,1-6H3/b8-7+/t10-,11+/m0/s1. The summed E-state index contributed by atoms with van der Waals surface area (Å²) in [5.74, 6) is 0. The van der Waals surface area contributed by atoms with Gasteiger partial charge in [-0.3, -0.25) is 4.79 Å². The Kier molecular flexibility index (Phi) is 5.59. The SMILES string of the molecule is C[C@H](O[Si](C)(C)C(C)(C)C)[C@H](O)/C=C/C=O. The van der Waals surface area contributed by atoms with Crippen LogP contribution in [-0.2, 0) is 9.22 Å². The Hall–Kier alpha value is -0.453. The van der Waals surface area contributed by atoms with E-state index in [2.05, 4.69) is 33.9 Å². The quantitative estimate of drug-likeness (QED) is 0.459. The molecule has 0 heterocycles. The molecule has 0 aromatic carbocycles. The molecule has 0 bridgehead atoms. The Bertz CT molecular complexity index is 253. The third kappa shape index (κ3) is 4.59. The van der Waals surface area contributed by atoms with Crippen LogP contribution in [0.1, 0.15) is 27.7 Å². The summed E-state index contributed by atoms with van der Waals surface area (Å²) in [4.78, 5) is 10.1. The Morgan fingerprint density at radius 2 is 1.81 bits per heavy atom. The minimum atomic E-state index is -1.85. The molecule has 0 unspecified atom stereocenters. The van der Waals surface area contributed by atoms with Crippen molar-refractivity contribution in [2.24, 2.45) is 0 Å². The molecule has 3 nitrogen and oxygen atoms in total. The van der Waals surface area contributed by atoms with Crippen LogP contribution < -0.4 is 0 Å². The first-order valence-corrected chi connectivity index (χ1v) is 8.50. The largest absolute Gasteiger partial charge is 0.411 e. The molecule has 0 fully saturated rings. The number of hydrogen-bond donors (Lipinski definition) is 1. The van der Waals surface area contributed by atoms with Gasteiger partial charge in [0.2, 0.25) is 0 Å². The smallest absolute Gasteiger partial charge is 0.192 e. The summed E-state index contributed by atoms with van der Waals surface area (Å²) in [7, 11) is -1.85. The maximum absolute atomic E-state index is 10.1. The highest BCUT2D eigenvalue weighted by Gasteiger charge is 2.39. The lowest BCUT2D eigenvalue weighted by Crippen LogP contribution is -2.45. The number of rotatable bonds is 5. The van der Waals surface area contributed by atoms with Crippen LogP contribution in [0, 0.1) is 0 Å². The number of aldehydes is 1. The van der Waals surface area contributed by atoms with E-state index in [9.17, 15) is 9.90 Å². The third-order valence-corrected chi connectivity index (χ3v) is 7.73. The minimum Gasteiger partial charge on any atom is -0.411 e. The number of allylic oxidation sites excluding steroid dienone is 1. The van der Waals surface area contributed by atoms with Crippen molar-refractivity contribution in [3.8, 4) is 0 Å². The zero-order valence-corrected chi connectivity index (χ0v) is 12.2.